The van der Waals surface area contributed by atoms with Gasteiger partial charge in [0, 0.05) is 13.1 Å². The number of nitrogens with two attached hydrogens (primary N) is 1. The van der Waals surface area contributed by atoms with Gasteiger partial charge in [0.15, 0.2) is 0 Å². The SMILES string of the molecule is Nc1cccc(Cl)c1S(=O)(=O)N1CCCCCCC1. The molecule has 1 aliphatic rings. The number of anilines is 1. The largest absolute Gasteiger partial charge is 0.398 e. The smallest absolute Gasteiger partial charge is 0.246 e. The number of nitrogens with zero attached hydrogens (tertiary/aromatic N) is 1. The first-order valence-electron chi connectivity index (χ1n) is 6.57. The van der Waals surface area contributed by atoms with E-state index in [0.717, 1.165) is 25.7 Å². The molecule has 0 aliphatic carbocycles. The van der Waals surface area contributed by atoms with Gasteiger partial charge >= 0.3 is 0 Å². The van der Waals surface area contributed by atoms with Crippen molar-refractivity contribution in [2.45, 2.75) is 37.0 Å². The van der Waals surface area contributed by atoms with Gasteiger partial charge in [-0.05, 0) is 25.0 Å². The fourth-order valence-corrected chi connectivity index (χ4v) is 4.54. The summed E-state index contributed by atoms with van der Waals surface area (Å²) in [6.45, 7) is 1.10. The molecule has 1 aromatic rings. The molecule has 0 atom stereocenters. The summed E-state index contributed by atoms with van der Waals surface area (Å²) in [5.41, 5.74) is 6.01. The molecule has 1 aromatic carbocycles. The third-order valence-corrected chi connectivity index (χ3v) is 5.85. The molecule has 1 fully saturated rings. The molecular formula is C13H19ClN2O2S. The van der Waals surface area contributed by atoms with Crippen LogP contribution in [0.25, 0.3) is 0 Å². The number of nitrogen functional groups attached to an aromatic ring is 1. The third kappa shape index (κ3) is 3.22. The summed E-state index contributed by atoms with van der Waals surface area (Å²) in [7, 11) is -3.59. The van der Waals surface area contributed by atoms with Crippen LogP contribution in [-0.2, 0) is 10.0 Å². The molecule has 0 saturated carbocycles. The summed E-state index contributed by atoms with van der Waals surface area (Å²) < 4.78 is 26.8. The molecule has 1 heterocycles. The van der Waals surface area contributed by atoms with Gasteiger partial charge in [0.25, 0.3) is 0 Å². The van der Waals surface area contributed by atoms with Crippen LogP contribution < -0.4 is 5.73 Å². The Morgan fingerprint density at radius 3 is 2.21 bits per heavy atom. The summed E-state index contributed by atoms with van der Waals surface area (Å²) in [5.74, 6) is 0. The van der Waals surface area contributed by atoms with Gasteiger partial charge in [-0.25, -0.2) is 8.42 Å². The van der Waals surface area contributed by atoms with Crippen LogP contribution in [-0.4, -0.2) is 25.8 Å². The van der Waals surface area contributed by atoms with Crippen LogP contribution >= 0.6 is 11.6 Å². The van der Waals surface area contributed by atoms with E-state index in [4.69, 9.17) is 17.3 Å². The number of hydrogen-bond donors (Lipinski definition) is 1. The molecule has 0 spiro atoms. The van der Waals surface area contributed by atoms with Gasteiger partial charge in [0.2, 0.25) is 10.0 Å². The standard InChI is InChI=1S/C13H19ClN2O2S/c14-11-7-6-8-12(15)13(11)19(17,18)16-9-4-2-1-3-5-10-16/h6-8H,1-5,9-10,15H2. The Hall–Kier alpha value is -0.780. The van der Waals surface area contributed by atoms with E-state index in [1.165, 1.54) is 10.7 Å². The van der Waals surface area contributed by atoms with E-state index < -0.39 is 10.0 Å². The second kappa shape index (κ2) is 6.11. The Bertz CT molecular complexity index is 517. The van der Waals surface area contributed by atoms with Crippen molar-refractivity contribution >= 4 is 27.3 Å². The molecule has 0 amide bonds. The lowest BCUT2D eigenvalue weighted by Crippen LogP contribution is -2.34. The Morgan fingerprint density at radius 2 is 1.63 bits per heavy atom. The minimum atomic E-state index is -3.59. The zero-order chi connectivity index (χ0) is 13.9. The van der Waals surface area contributed by atoms with Crippen molar-refractivity contribution in [3.8, 4) is 0 Å². The lowest BCUT2D eigenvalue weighted by Gasteiger charge is -2.25. The fourth-order valence-electron chi connectivity index (χ4n) is 2.39. The van der Waals surface area contributed by atoms with Crippen LogP contribution in [0.5, 0.6) is 0 Å². The quantitative estimate of drug-likeness (QED) is 0.854. The molecule has 0 radical (unpaired) electrons. The average molecular weight is 303 g/mol. The lowest BCUT2D eigenvalue weighted by atomic mass is 10.1. The molecule has 19 heavy (non-hydrogen) atoms. The monoisotopic (exact) mass is 302 g/mol. The molecule has 2 N–H and O–H groups in total. The number of sulfonamides is 1. The number of benzene rings is 1. The molecule has 1 aliphatic heterocycles. The predicted octanol–water partition coefficient (Wildman–Crippen LogP) is 2.88. The van der Waals surface area contributed by atoms with Crippen molar-refractivity contribution in [3.63, 3.8) is 0 Å². The van der Waals surface area contributed by atoms with E-state index in [0.29, 0.717) is 13.1 Å². The summed E-state index contributed by atoms with van der Waals surface area (Å²) in [4.78, 5) is 0.0530. The zero-order valence-electron chi connectivity index (χ0n) is 10.8. The van der Waals surface area contributed by atoms with Crippen LogP contribution in [0, 0.1) is 0 Å². The van der Waals surface area contributed by atoms with Gasteiger partial charge in [-0.3, -0.25) is 0 Å². The van der Waals surface area contributed by atoms with E-state index in [1.807, 2.05) is 0 Å². The van der Waals surface area contributed by atoms with Crippen molar-refractivity contribution in [1.29, 1.82) is 0 Å². The van der Waals surface area contributed by atoms with Gasteiger partial charge in [-0.2, -0.15) is 4.31 Å². The van der Waals surface area contributed by atoms with Crippen molar-refractivity contribution in [2.24, 2.45) is 0 Å². The maximum atomic E-state index is 12.7. The maximum absolute atomic E-state index is 12.7. The molecular weight excluding hydrogens is 284 g/mol. The van der Waals surface area contributed by atoms with Crippen LogP contribution in [0.3, 0.4) is 0 Å². The molecule has 0 unspecified atom stereocenters. The molecule has 106 valence electrons. The van der Waals surface area contributed by atoms with Crippen LogP contribution in [0.2, 0.25) is 5.02 Å². The van der Waals surface area contributed by atoms with E-state index in [-0.39, 0.29) is 15.6 Å². The van der Waals surface area contributed by atoms with Crippen LogP contribution in [0.15, 0.2) is 23.1 Å². The number of rotatable bonds is 2. The number of halogens is 1. The molecule has 6 heteroatoms. The van der Waals surface area contributed by atoms with Crippen molar-refractivity contribution < 1.29 is 8.42 Å². The topological polar surface area (TPSA) is 63.4 Å². The lowest BCUT2D eigenvalue weighted by molar-refractivity contribution is 0.364. The number of hydrogen-bond acceptors (Lipinski definition) is 3. The Labute approximate surface area is 119 Å². The van der Waals surface area contributed by atoms with Gasteiger partial charge in [-0.1, -0.05) is 36.9 Å². The fraction of sp³-hybridized carbons (Fsp3) is 0.538. The summed E-state index contributed by atoms with van der Waals surface area (Å²) in [6, 6.07) is 4.79. The summed E-state index contributed by atoms with van der Waals surface area (Å²) >= 11 is 6.02. The Balaban J connectivity index is 2.35. The normalized spacial score (nSPS) is 18.8. The summed E-state index contributed by atoms with van der Waals surface area (Å²) in [6.07, 6.45) is 5.11. The maximum Gasteiger partial charge on any atom is 0.246 e. The highest BCUT2D eigenvalue weighted by Gasteiger charge is 2.28. The van der Waals surface area contributed by atoms with Gasteiger partial charge in [-0.15, -0.1) is 0 Å². The first-order valence-corrected chi connectivity index (χ1v) is 8.39. The van der Waals surface area contributed by atoms with E-state index in [9.17, 15) is 8.42 Å². The van der Waals surface area contributed by atoms with E-state index in [2.05, 4.69) is 0 Å². The minimum absolute atomic E-state index is 0.0530. The minimum Gasteiger partial charge on any atom is -0.398 e. The summed E-state index contributed by atoms with van der Waals surface area (Å²) in [5, 5.41) is 0.196. The molecule has 2 rings (SSSR count). The van der Waals surface area contributed by atoms with Crippen molar-refractivity contribution in [1.82, 2.24) is 4.31 Å². The van der Waals surface area contributed by atoms with Crippen LogP contribution in [0.1, 0.15) is 32.1 Å². The molecule has 0 aromatic heterocycles. The zero-order valence-corrected chi connectivity index (χ0v) is 12.4. The Kier molecular flexibility index (Phi) is 4.71. The Morgan fingerprint density at radius 1 is 1.05 bits per heavy atom. The highest BCUT2D eigenvalue weighted by atomic mass is 35.5. The molecule has 1 saturated heterocycles. The van der Waals surface area contributed by atoms with E-state index >= 15 is 0 Å². The van der Waals surface area contributed by atoms with Crippen molar-refractivity contribution in [3.05, 3.63) is 23.2 Å². The highest BCUT2D eigenvalue weighted by molar-refractivity contribution is 7.89. The third-order valence-electron chi connectivity index (χ3n) is 3.41. The average Bonchev–Trinajstić information content (AvgIpc) is 2.26. The van der Waals surface area contributed by atoms with Gasteiger partial charge < -0.3 is 5.73 Å². The second-order valence-electron chi connectivity index (χ2n) is 4.83. The van der Waals surface area contributed by atoms with Gasteiger partial charge in [0.1, 0.15) is 4.90 Å². The predicted molar refractivity (Wildman–Crippen MR) is 77.7 cm³/mol. The second-order valence-corrected chi connectivity index (χ2v) is 7.11. The molecule has 0 bridgehead atoms. The van der Waals surface area contributed by atoms with Crippen LogP contribution in [0.4, 0.5) is 5.69 Å². The van der Waals surface area contributed by atoms with E-state index in [1.54, 1.807) is 18.2 Å². The first-order chi connectivity index (χ1) is 9.03. The van der Waals surface area contributed by atoms with Crippen molar-refractivity contribution in [2.75, 3.05) is 18.8 Å². The van der Waals surface area contributed by atoms with Gasteiger partial charge in [0.05, 0.1) is 10.7 Å². The molecule has 4 nitrogen and oxygen atoms in total. The first kappa shape index (κ1) is 14.6. The highest BCUT2D eigenvalue weighted by Crippen LogP contribution is 2.30.